The van der Waals surface area contributed by atoms with Gasteiger partial charge in [0.1, 0.15) is 0 Å². The second-order valence-corrected chi connectivity index (χ2v) is 7.10. The Kier molecular flexibility index (Phi) is 3.87. The largest absolute Gasteiger partial charge is 0.338 e. The number of amides is 1. The number of carbonyl (C=O) groups excluding carboxylic acids is 1. The second-order valence-electron chi connectivity index (χ2n) is 6.19. The molecule has 1 aromatic rings. The van der Waals surface area contributed by atoms with Gasteiger partial charge < -0.3 is 10.2 Å². The number of likely N-dealkylation sites (tertiary alicyclic amines) is 1. The number of piperidine rings is 1. The summed E-state index contributed by atoms with van der Waals surface area (Å²) in [4.78, 5) is 14.8. The highest BCUT2D eigenvalue weighted by Gasteiger charge is 2.40. The summed E-state index contributed by atoms with van der Waals surface area (Å²) >= 11 is 3.46. The normalized spacial score (nSPS) is 21.4. The van der Waals surface area contributed by atoms with E-state index in [2.05, 4.69) is 26.1 Å². The summed E-state index contributed by atoms with van der Waals surface area (Å²) in [5.41, 5.74) is 2.27. The smallest absolute Gasteiger partial charge is 0.254 e. The lowest BCUT2D eigenvalue weighted by Crippen LogP contribution is -2.39. The Morgan fingerprint density at radius 1 is 1.30 bits per heavy atom. The third-order valence-electron chi connectivity index (χ3n) is 4.82. The van der Waals surface area contributed by atoms with Gasteiger partial charge in [-0.2, -0.15) is 0 Å². The molecule has 0 unspecified atom stereocenters. The molecule has 2 fully saturated rings. The molecule has 3 nitrogen and oxygen atoms in total. The van der Waals surface area contributed by atoms with Crippen LogP contribution in [0, 0.1) is 12.3 Å². The molecule has 2 aliphatic rings. The van der Waals surface area contributed by atoms with E-state index in [4.69, 9.17) is 0 Å². The summed E-state index contributed by atoms with van der Waals surface area (Å²) in [7, 11) is 0. The van der Waals surface area contributed by atoms with Crippen molar-refractivity contribution in [2.75, 3.05) is 26.2 Å². The Labute approximate surface area is 128 Å². The number of halogens is 1. The molecule has 0 radical (unpaired) electrons. The van der Waals surface area contributed by atoms with Crippen molar-refractivity contribution in [3.63, 3.8) is 0 Å². The topological polar surface area (TPSA) is 32.3 Å². The van der Waals surface area contributed by atoms with Crippen molar-refractivity contribution in [1.29, 1.82) is 0 Å². The summed E-state index contributed by atoms with van der Waals surface area (Å²) in [6, 6.07) is 5.95. The van der Waals surface area contributed by atoms with Crippen LogP contribution in [0.5, 0.6) is 0 Å². The summed E-state index contributed by atoms with van der Waals surface area (Å²) in [5.74, 6) is 0.194. The van der Waals surface area contributed by atoms with E-state index in [0.717, 1.165) is 48.2 Å². The maximum Gasteiger partial charge on any atom is 0.254 e. The maximum atomic E-state index is 12.7. The van der Waals surface area contributed by atoms with Crippen molar-refractivity contribution < 1.29 is 4.79 Å². The summed E-state index contributed by atoms with van der Waals surface area (Å²) in [6.07, 6.45) is 3.57. The van der Waals surface area contributed by atoms with E-state index < -0.39 is 0 Å². The lowest BCUT2D eigenvalue weighted by Gasteiger charge is -2.33. The first kappa shape index (κ1) is 14.1. The summed E-state index contributed by atoms with van der Waals surface area (Å²) in [5, 5.41) is 3.42. The zero-order valence-corrected chi connectivity index (χ0v) is 13.5. The van der Waals surface area contributed by atoms with Crippen LogP contribution in [0.4, 0.5) is 0 Å². The Bertz CT molecular complexity index is 523. The summed E-state index contributed by atoms with van der Waals surface area (Å²) < 4.78 is 0.974. The zero-order chi connectivity index (χ0) is 14.2. The molecule has 4 heteroatoms. The van der Waals surface area contributed by atoms with E-state index in [1.165, 1.54) is 12.8 Å². The third-order valence-corrected chi connectivity index (χ3v) is 5.31. The SMILES string of the molecule is Cc1ccc(Br)cc1C(=O)N1CCC2(CCNCC2)C1. The number of hydrogen-bond donors (Lipinski definition) is 1. The number of rotatable bonds is 1. The van der Waals surface area contributed by atoms with Gasteiger partial charge in [0, 0.05) is 23.1 Å². The van der Waals surface area contributed by atoms with Crippen molar-refractivity contribution in [3.05, 3.63) is 33.8 Å². The molecule has 0 aliphatic carbocycles. The van der Waals surface area contributed by atoms with E-state index in [-0.39, 0.29) is 5.91 Å². The van der Waals surface area contributed by atoms with Gasteiger partial charge in [-0.3, -0.25) is 4.79 Å². The molecular weight excluding hydrogens is 316 g/mol. The van der Waals surface area contributed by atoms with Crippen molar-refractivity contribution >= 4 is 21.8 Å². The molecule has 0 bridgehead atoms. The average Bonchev–Trinajstić information content (AvgIpc) is 2.85. The monoisotopic (exact) mass is 336 g/mol. The molecule has 1 amide bonds. The standard InChI is InChI=1S/C16H21BrN2O/c1-12-2-3-13(17)10-14(12)15(20)19-9-6-16(11-19)4-7-18-8-5-16/h2-3,10,18H,4-9,11H2,1H3. The minimum absolute atomic E-state index is 0.194. The van der Waals surface area contributed by atoms with E-state index in [1.807, 2.05) is 25.1 Å². The van der Waals surface area contributed by atoms with E-state index >= 15 is 0 Å². The highest BCUT2D eigenvalue weighted by Crippen LogP contribution is 2.39. The lowest BCUT2D eigenvalue weighted by atomic mass is 9.78. The molecule has 108 valence electrons. The van der Waals surface area contributed by atoms with E-state index in [1.54, 1.807) is 0 Å². The van der Waals surface area contributed by atoms with Crippen molar-refractivity contribution in [1.82, 2.24) is 10.2 Å². The quantitative estimate of drug-likeness (QED) is 0.855. The number of nitrogens with zero attached hydrogens (tertiary/aromatic N) is 1. The van der Waals surface area contributed by atoms with Gasteiger partial charge in [-0.05, 0) is 62.4 Å². The predicted molar refractivity (Wildman–Crippen MR) is 83.9 cm³/mol. The maximum absolute atomic E-state index is 12.7. The first-order valence-electron chi connectivity index (χ1n) is 7.36. The molecule has 0 atom stereocenters. The second kappa shape index (κ2) is 5.49. The van der Waals surface area contributed by atoms with Gasteiger partial charge in [-0.1, -0.05) is 22.0 Å². The fraction of sp³-hybridized carbons (Fsp3) is 0.562. The van der Waals surface area contributed by atoms with Crippen molar-refractivity contribution in [3.8, 4) is 0 Å². The third kappa shape index (κ3) is 2.63. The van der Waals surface area contributed by atoms with Crippen LogP contribution in [0.25, 0.3) is 0 Å². The first-order chi connectivity index (χ1) is 9.60. The number of nitrogens with one attached hydrogen (secondary N) is 1. The fourth-order valence-corrected chi connectivity index (χ4v) is 3.83. The molecule has 1 spiro atoms. The minimum atomic E-state index is 0.194. The van der Waals surface area contributed by atoms with Crippen LogP contribution in [0.15, 0.2) is 22.7 Å². The summed E-state index contributed by atoms with van der Waals surface area (Å²) in [6.45, 7) is 6.04. The van der Waals surface area contributed by atoms with Crippen molar-refractivity contribution in [2.45, 2.75) is 26.2 Å². The minimum Gasteiger partial charge on any atom is -0.338 e. The highest BCUT2D eigenvalue weighted by atomic mass is 79.9. The number of aryl methyl sites for hydroxylation is 1. The number of hydrogen-bond acceptors (Lipinski definition) is 2. The molecule has 1 N–H and O–H groups in total. The highest BCUT2D eigenvalue weighted by molar-refractivity contribution is 9.10. The van der Waals surface area contributed by atoms with Crippen LogP contribution in [0.3, 0.4) is 0 Å². The van der Waals surface area contributed by atoms with Gasteiger partial charge >= 0.3 is 0 Å². The van der Waals surface area contributed by atoms with Crippen LogP contribution in [-0.2, 0) is 0 Å². The van der Waals surface area contributed by atoms with Gasteiger partial charge in [0.2, 0.25) is 0 Å². The predicted octanol–water partition coefficient (Wildman–Crippen LogP) is 2.97. The Balaban J connectivity index is 1.77. The van der Waals surface area contributed by atoms with E-state index in [0.29, 0.717) is 5.41 Å². The zero-order valence-electron chi connectivity index (χ0n) is 11.9. The number of carbonyl (C=O) groups is 1. The first-order valence-corrected chi connectivity index (χ1v) is 8.15. The van der Waals surface area contributed by atoms with Gasteiger partial charge in [-0.15, -0.1) is 0 Å². The molecule has 20 heavy (non-hydrogen) atoms. The molecule has 0 aromatic heterocycles. The molecule has 2 heterocycles. The van der Waals surface area contributed by atoms with Gasteiger partial charge in [0.05, 0.1) is 0 Å². The average molecular weight is 337 g/mol. The van der Waals surface area contributed by atoms with Gasteiger partial charge in [0.25, 0.3) is 5.91 Å². The van der Waals surface area contributed by atoms with Crippen LogP contribution >= 0.6 is 15.9 Å². The Hall–Kier alpha value is -0.870. The van der Waals surface area contributed by atoms with Crippen LogP contribution < -0.4 is 5.32 Å². The van der Waals surface area contributed by atoms with E-state index in [9.17, 15) is 4.79 Å². The van der Waals surface area contributed by atoms with Gasteiger partial charge in [-0.25, -0.2) is 0 Å². The Morgan fingerprint density at radius 3 is 2.80 bits per heavy atom. The fourth-order valence-electron chi connectivity index (χ4n) is 3.47. The molecule has 3 rings (SSSR count). The molecule has 2 aliphatic heterocycles. The van der Waals surface area contributed by atoms with Crippen molar-refractivity contribution in [2.24, 2.45) is 5.41 Å². The Morgan fingerprint density at radius 2 is 2.05 bits per heavy atom. The van der Waals surface area contributed by atoms with Gasteiger partial charge in [0.15, 0.2) is 0 Å². The molecule has 1 aromatic carbocycles. The molecular formula is C16H21BrN2O. The number of benzene rings is 1. The molecule has 0 saturated carbocycles. The molecule has 2 saturated heterocycles. The lowest BCUT2D eigenvalue weighted by molar-refractivity contribution is 0.0761. The van der Waals surface area contributed by atoms with Crippen LogP contribution in [-0.4, -0.2) is 37.0 Å². The van der Waals surface area contributed by atoms with Crippen LogP contribution in [0.2, 0.25) is 0 Å². The van der Waals surface area contributed by atoms with Crippen LogP contribution in [0.1, 0.15) is 35.2 Å².